The van der Waals surface area contributed by atoms with Crippen LogP contribution in [0.5, 0.6) is 0 Å². The van der Waals surface area contributed by atoms with Crippen LogP contribution in [0, 0.1) is 5.82 Å². The van der Waals surface area contributed by atoms with Crippen molar-refractivity contribution in [2.45, 2.75) is 6.54 Å². The molecule has 2 aromatic heterocycles. The van der Waals surface area contributed by atoms with Crippen LogP contribution in [-0.2, 0) is 6.54 Å². The van der Waals surface area contributed by atoms with E-state index in [9.17, 15) is 4.39 Å². The fourth-order valence-corrected chi connectivity index (χ4v) is 2.81. The molecule has 0 aliphatic rings. The van der Waals surface area contributed by atoms with Gasteiger partial charge in [-0.05, 0) is 30.6 Å². The molecule has 0 aliphatic heterocycles. The van der Waals surface area contributed by atoms with Crippen molar-refractivity contribution in [1.29, 1.82) is 0 Å². The second-order valence-corrected chi connectivity index (χ2v) is 5.05. The number of thiophene rings is 1. The Bertz CT molecular complexity index is 689. The molecule has 0 saturated heterocycles. The first kappa shape index (κ1) is 11.4. The summed E-state index contributed by atoms with van der Waals surface area (Å²) in [5.74, 6) is 0.362. The average molecular weight is 262 g/mol. The number of rotatable bonds is 3. The van der Waals surface area contributed by atoms with Gasteiger partial charge in [-0.1, -0.05) is 6.07 Å². The van der Waals surface area contributed by atoms with E-state index in [1.807, 2.05) is 13.1 Å². The highest BCUT2D eigenvalue weighted by molar-refractivity contribution is 7.22. The standard InChI is InChI=1S/C13H11FN2OS/c1-15-6-10-7-17-13(16-10)12-4-8-2-3-9(14)5-11(8)18-12/h2-5,7,15H,6H2,1H3. The highest BCUT2D eigenvalue weighted by atomic mass is 32.1. The van der Waals surface area contributed by atoms with E-state index in [2.05, 4.69) is 10.3 Å². The summed E-state index contributed by atoms with van der Waals surface area (Å²) in [5, 5.41) is 4.02. The predicted octanol–water partition coefficient (Wildman–Crippen LogP) is 3.41. The summed E-state index contributed by atoms with van der Waals surface area (Å²) in [7, 11) is 1.86. The van der Waals surface area contributed by atoms with E-state index in [1.54, 1.807) is 12.3 Å². The molecule has 0 amide bonds. The van der Waals surface area contributed by atoms with Gasteiger partial charge in [0.2, 0.25) is 5.89 Å². The van der Waals surface area contributed by atoms with Gasteiger partial charge in [-0.15, -0.1) is 11.3 Å². The van der Waals surface area contributed by atoms with Crippen LogP contribution in [0.1, 0.15) is 5.69 Å². The van der Waals surface area contributed by atoms with Gasteiger partial charge in [0.05, 0.1) is 10.6 Å². The Kier molecular flexibility index (Phi) is 2.85. The minimum absolute atomic E-state index is 0.223. The molecule has 3 aromatic rings. The van der Waals surface area contributed by atoms with Gasteiger partial charge in [-0.2, -0.15) is 0 Å². The van der Waals surface area contributed by atoms with Gasteiger partial charge >= 0.3 is 0 Å². The third kappa shape index (κ3) is 2.02. The first-order valence-electron chi connectivity index (χ1n) is 5.55. The second kappa shape index (κ2) is 4.51. The minimum atomic E-state index is -0.223. The Morgan fingerprint density at radius 3 is 3.11 bits per heavy atom. The Hall–Kier alpha value is -1.72. The SMILES string of the molecule is CNCc1coc(-c2cc3ccc(F)cc3s2)n1. The summed E-state index contributed by atoms with van der Waals surface area (Å²) >= 11 is 1.48. The zero-order valence-electron chi connectivity index (χ0n) is 9.74. The van der Waals surface area contributed by atoms with Crippen LogP contribution in [0.25, 0.3) is 20.9 Å². The van der Waals surface area contributed by atoms with Crippen molar-refractivity contribution in [1.82, 2.24) is 10.3 Å². The lowest BCUT2D eigenvalue weighted by Gasteiger charge is -1.89. The largest absolute Gasteiger partial charge is 0.444 e. The Morgan fingerprint density at radius 2 is 2.28 bits per heavy atom. The molecule has 1 N–H and O–H groups in total. The number of nitrogens with zero attached hydrogens (tertiary/aromatic N) is 1. The van der Waals surface area contributed by atoms with Gasteiger partial charge < -0.3 is 9.73 Å². The highest BCUT2D eigenvalue weighted by Crippen LogP contribution is 2.33. The number of hydrogen-bond donors (Lipinski definition) is 1. The maximum Gasteiger partial charge on any atom is 0.236 e. The molecule has 3 rings (SSSR count). The first-order valence-corrected chi connectivity index (χ1v) is 6.36. The molecular formula is C13H11FN2OS. The van der Waals surface area contributed by atoms with E-state index >= 15 is 0 Å². The fourth-order valence-electron chi connectivity index (χ4n) is 1.79. The fraction of sp³-hybridized carbons (Fsp3) is 0.154. The van der Waals surface area contributed by atoms with Crippen LogP contribution in [-0.4, -0.2) is 12.0 Å². The van der Waals surface area contributed by atoms with Crippen molar-refractivity contribution in [2.24, 2.45) is 0 Å². The molecule has 5 heteroatoms. The summed E-state index contributed by atoms with van der Waals surface area (Å²) in [6.45, 7) is 0.670. The lowest BCUT2D eigenvalue weighted by Crippen LogP contribution is -2.04. The topological polar surface area (TPSA) is 38.1 Å². The van der Waals surface area contributed by atoms with E-state index in [0.717, 1.165) is 20.7 Å². The van der Waals surface area contributed by atoms with Gasteiger partial charge in [-0.3, -0.25) is 0 Å². The summed E-state index contributed by atoms with van der Waals surface area (Å²) in [4.78, 5) is 5.29. The lowest BCUT2D eigenvalue weighted by atomic mass is 10.2. The van der Waals surface area contributed by atoms with Crippen LogP contribution < -0.4 is 5.32 Å². The van der Waals surface area contributed by atoms with E-state index in [0.29, 0.717) is 12.4 Å². The first-order chi connectivity index (χ1) is 8.76. The molecule has 2 heterocycles. The molecule has 1 aromatic carbocycles. The number of halogens is 1. The summed E-state index contributed by atoms with van der Waals surface area (Å²) in [6.07, 6.45) is 1.64. The quantitative estimate of drug-likeness (QED) is 0.786. The number of fused-ring (bicyclic) bond motifs is 1. The summed E-state index contributed by atoms with van der Waals surface area (Å²) < 4.78 is 19.4. The zero-order valence-corrected chi connectivity index (χ0v) is 10.6. The lowest BCUT2D eigenvalue weighted by molar-refractivity contribution is 0.573. The van der Waals surface area contributed by atoms with Crippen molar-refractivity contribution in [3.63, 3.8) is 0 Å². The van der Waals surface area contributed by atoms with Gasteiger partial charge in [0.25, 0.3) is 0 Å². The Morgan fingerprint density at radius 1 is 1.39 bits per heavy atom. The van der Waals surface area contributed by atoms with Crippen LogP contribution in [0.15, 0.2) is 34.9 Å². The van der Waals surface area contributed by atoms with E-state index in [1.165, 1.54) is 23.5 Å². The third-order valence-corrected chi connectivity index (χ3v) is 3.69. The number of oxazole rings is 1. The molecule has 0 atom stereocenters. The molecular weight excluding hydrogens is 251 g/mol. The van der Waals surface area contributed by atoms with Gasteiger partial charge in [0, 0.05) is 11.2 Å². The molecule has 0 unspecified atom stereocenters. The highest BCUT2D eigenvalue weighted by Gasteiger charge is 2.10. The van der Waals surface area contributed by atoms with Crippen LogP contribution in [0.2, 0.25) is 0 Å². The number of nitrogens with one attached hydrogen (secondary N) is 1. The summed E-state index contributed by atoms with van der Waals surface area (Å²) in [5.41, 5.74) is 0.858. The molecule has 0 radical (unpaired) electrons. The van der Waals surface area contributed by atoms with E-state index < -0.39 is 0 Å². The maximum absolute atomic E-state index is 13.1. The van der Waals surface area contributed by atoms with Crippen molar-refractivity contribution in [3.8, 4) is 10.8 Å². The third-order valence-electron chi connectivity index (χ3n) is 2.60. The minimum Gasteiger partial charge on any atom is -0.444 e. The van der Waals surface area contributed by atoms with Gasteiger partial charge in [0.15, 0.2) is 0 Å². The molecule has 0 spiro atoms. The summed E-state index contributed by atoms with van der Waals surface area (Å²) in [6, 6.07) is 6.72. The second-order valence-electron chi connectivity index (χ2n) is 3.97. The molecule has 0 bridgehead atoms. The predicted molar refractivity (Wildman–Crippen MR) is 70.0 cm³/mol. The average Bonchev–Trinajstić information content (AvgIpc) is 2.94. The van der Waals surface area contributed by atoms with Gasteiger partial charge in [0.1, 0.15) is 12.1 Å². The van der Waals surface area contributed by atoms with Crippen LogP contribution in [0.4, 0.5) is 4.39 Å². The van der Waals surface area contributed by atoms with Crippen molar-refractivity contribution in [3.05, 3.63) is 42.0 Å². The van der Waals surface area contributed by atoms with Gasteiger partial charge in [-0.25, -0.2) is 9.37 Å². The van der Waals surface area contributed by atoms with Crippen LogP contribution in [0.3, 0.4) is 0 Å². The number of aromatic nitrogens is 1. The van der Waals surface area contributed by atoms with Crippen molar-refractivity contribution in [2.75, 3.05) is 7.05 Å². The van der Waals surface area contributed by atoms with E-state index in [4.69, 9.17) is 4.42 Å². The smallest absolute Gasteiger partial charge is 0.236 e. The molecule has 0 aliphatic carbocycles. The zero-order chi connectivity index (χ0) is 12.5. The molecule has 0 fully saturated rings. The molecule has 0 saturated carbocycles. The maximum atomic E-state index is 13.1. The Balaban J connectivity index is 2.02. The monoisotopic (exact) mass is 262 g/mol. The molecule has 18 heavy (non-hydrogen) atoms. The van der Waals surface area contributed by atoms with E-state index in [-0.39, 0.29) is 5.82 Å². The van der Waals surface area contributed by atoms with Crippen molar-refractivity contribution < 1.29 is 8.81 Å². The Labute approximate surface area is 107 Å². The molecule has 3 nitrogen and oxygen atoms in total. The van der Waals surface area contributed by atoms with Crippen LogP contribution >= 0.6 is 11.3 Å². The normalized spacial score (nSPS) is 11.2. The molecule has 92 valence electrons. The number of hydrogen-bond acceptors (Lipinski definition) is 4. The van der Waals surface area contributed by atoms with Crippen molar-refractivity contribution >= 4 is 21.4 Å². The number of benzene rings is 1.